The molecular weight excluding hydrogens is 226 g/mol. The quantitative estimate of drug-likeness (QED) is 0.781. The summed E-state index contributed by atoms with van der Waals surface area (Å²) in [4.78, 5) is 16.7. The van der Waals surface area contributed by atoms with Crippen molar-refractivity contribution < 1.29 is 4.79 Å². The Morgan fingerprint density at radius 2 is 2.17 bits per heavy atom. The minimum absolute atomic E-state index is 0.0232. The van der Waals surface area contributed by atoms with Gasteiger partial charge in [0.05, 0.1) is 0 Å². The molecule has 1 atom stereocenters. The van der Waals surface area contributed by atoms with Crippen LogP contribution in [0.25, 0.3) is 0 Å². The summed E-state index contributed by atoms with van der Waals surface area (Å²) < 4.78 is 0. The number of hydrogen-bond donors (Lipinski definition) is 1. The number of fused-ring (bicyclic) bond motifs is 1. The third-order valence-electron chi connectivity index (χ3n) is 3.95. The van der Waals surface area contributed by atoms with Crippen LogP contribution in [0.1, 0.15) is 5.56 Å². The van der Waals surface area contributed by atoms with E-state index < -0.39 is 0 Å². The van der Waals surface area contributed by atoms with Crippen molar-refractivity contribution in [2.75, 3.05) is 38.1 Å². The maximum Gasteiger partial charge on any atom is 0.245 e. The number of rotatable bonds is 1. The molecule has 1 aromatic carbocycles. The van der Waals surface area contributed by atoms with Gasteiger partial charge in [0.1, 0.15) is 6.04 Å². The van der Waals surface area contributed by atoms with E-state index in [1.165, 1.54) is 5.56 Å². The molecule has 2 aliphatic heterocycles. The molecule has 1 saturated heterocycles. The summed E-state index contributed by atoms with van der Waals surface area (Å²) >= 11 is 0. The summed E-state index contributed by atoms with van der Waals surface area (Å²) in [5.41, 5.74) is 2.39. The lowest BCUT2D eigenvalue weighted by molar-refractivity contribution is -0.123. The predicted octanol–water partition coefficient (Wildman–Crippen LogP) is 0.479. The van der Waals surface area contributed by atoms with E-state index in [4.69, 9.17) is 0 Å². The van der Waals surface area contributed by atoms with Gasteiger partial charge in [0.25, 0.3) is 0 Å². The van der Waals surface area contributed by atoms with Gasteiger partial charge < -0.3 is 10.2 Å². The summed E-state index contributed by atoms with van der Waals surface area (Å²) in [6, 6.07) is 8.20. The minimum Gasteiger partial charge on any atom is -0.313 e. The van der Waals surface area contributed by atoms with Crippen molar-refractivity contribution in [3.8, 4) is 0 Å². The fourth-order valence-electron chi connectivity index (χ4n) is 2.83. The van der Waals surface area contributed by atoms with Gasteiger partial charge in [0, 0.05) is 31.9 Å². The number of para-hydroxylation sites is 1. The highest BCUT2D eigenvalue weighted by atomic mass is 16.2. The van der Waals surface area contributed by atoms with Crippen LogP contribution in [0.3, 0.4) is 0 Å². The standard InChI is InChI=1S/C14H19N3O/c1-16-9-7-15-10-13(16)14(18)17-8-6-11-4-2-3-5-12(11)17/h2-5,13,15H,6-10H2,1H3. The van der Waals surface area contributed by atoms with Crippen LogP contribution in [-0.2, 0) is 11.2 Å². The third kappa shape index (κ3) is 1.91. The van der Waals surface area contributed by atoms with E-state index in [2.05, 4.69) is 22.3 Å². The fraction of sp³-hybridized carbons (Fsp3) is 0.500. The van der Waals surface area contributed by atoms with Gasteiger partial charge in [-0.25, -0.2) is 0 Å². The van der Waals surface area contributed by atoms with E-state index in [1.807, 2.05) is 24.1 Å². The van der Waals surface area contributed by atoms with Crippen LogP contribution in [0, 0.1) is 0 Å². The highest BCUT2D eigenvalue weighted by molar-refractivity contribution is 5.99. The first kappa shape index (κ1) is 11.7. The molecule has 1 fully saturated rings. The highest BCUT2D eigenvalue weighted by Gasteiger charge is 2.33. The molecule has 96 valence electrons. The molecule has 1 unspecified atom stereocenters. The molecule has 2 heterocycles. The average Bonchev–Trinajstić information content (AvgIpc) is 2.82. The maximum atomic E-state index is 12.6. The number of amides is 1. The van der Waals surface area contributed by atoms with E-state index in [0.717, 1.165) is 38.3 Å². The first-order chi connectivity index (χ1) is 8.77. The SMILES string of the molecule is CN1CCNCC1C(=O)N1CCc2ccccc21. The molecule has 4 heteroatoms. The Balaban J connectivity index is 1.82. The number of anilines is 1. The van der Waals surface area contributed by atoms with Gasteiger partial charge in [-0.1, -0.05) is 18.2 Å². The Labute approximate surface area is 108 Å². The van der Waals surface area contributed by atoms with Crippen molar-refractivity contribution >= 4 is 11.6 Å². The Kier molecular flexibility index (Phi) is 3.06. The molecule has 0 spiro atoms. The Hall–Kier alpha value is -1.39. The molecule has 1 amide bonds. The summed E-state index contributed by atoms with van der Waals surface area (Å²) in [7, 11) is 2.03. The Bertz CT molecular complexity index is 460. The number of carbonyl (C=O) groups is 1. The van der Waals surface area contributed by atoms with E-state index in [-0.39, 0.29) is 11.9 Å². The average molecular weight is 245 g/mol. The summed E-state index contributed by atoms with van der Waals surface area (Å²) in [5, 5.41) is 3.30. The van der Waals surface area contributed by atoms with Gasteiger partial charge in [-0.05, 0) is 25.1 Å². The number of benzene rings is 1. The van der Waals surface area contributed by atoms with Crippen LogP contribution in [0.5, 0.6) is 0 Å². The van der Waals surface area contributed by atoms with Crippen molar-refractivity contribution in [3.63, 3.8) is 0 Å². The summed E-state index contributed by atoms with van der Waals surface area (Å²) in [6.45, 7) is 3.49. The zero-order valence-electron chi connectivity index (χ0n) is 10.7. The van der Waals surface area contributed by atoms with Crippen LogP contribution in [-0.4, -0.2) is 50.1 Å². The maximum absolute atomic E-state index is 12.6. The van der Waals surface area contributed by atoms with Crippen molar-refractivity contribution in [2.24, 2.45) is 0 Å². The molecule has 3 rings (SSSR count). The summed E-state index contributed by atoms with van der Waals surface area (Å²) in [5.74, 6) is 0.231. The van der Waals surface area contributed by atoms with E-state index in [1.54, 1.807) is 0 Å². The van der Waals surface area contributed by atoms with Gasteiger partial charge in [0.15, 0.2) is 0 Å². The van der Waals surface area contributed by atoms with Gasteiger partial charge in [-0.2, -0.15) is 0 Å². The number of piperazine rings is 1. The van der Waals surface area contributed by atoms with Crippen LogP contribution in [0.4, 0.5) is 5.69 Å². The molecule has 0 bridgehead atoms. The summed E-state index contributed by atoms with van der Waals surface area (Å²) in [6.07, 6.45) is 0.978. The lowest BCUT2D eigenvalue weighted by Gasteiger charge is -2.34. The number of nitrogens with one attached hydrogen (secondary N) is 1. The van der Waals surface area contributed by atoms with Crippen LogP contribution < -0.4 is 10.2 Å². The Morgan fingerprint density at radius 3 is 3.00 bits per heavy atom. The van der Waals surface area contributed by atoms with Gasteiger partial charge >= 0.3 is 0 Å². The fourth-order valence-corrected chi connectivity index (χ4v) is 2.83. The molecule has 0 aromatic heterocycles. The highest BCUT2D eigenvalue weighted by Crippen LogP contribution is 2.28. The minimum atomic E-state index is -0.0232. The first-order valence-electron chi connectivity index (χ1n) is 6.57. The molecule has 18 heavy (non-hydrogen) atoms. The second kappa shape index (κ2) is 4.71. The van der Waals surface area contributed by atoms with Crippen molar-refractivity contribution in [1.82, 2.24) is 10.2 Å². The molecule has 2 aliphatic rings. The van der Waals surface area contributed by atoms with E-state index in [9.17, 15) is 4.79 Å². The second-order valence-electron chi connectivity index (χ2n) is 5.07. The van der Waals surface area contributed by atoms with Crippen LogP contribution in [0.2, 0.25) is 0 Å². The molecule has 1 aromatic rings. The number of carbonyl (C=O) groups excluding carboxylic acids is 1. The molecule has 4 nitrogen and oxygen atoms in total. The zero-order valence-corrected chi connectivity index (χ0v) is 10.7. The number of nitrogens with zero attached hydrogens (tertiary/aromatic N) is 2. The number of likely N-dealkylation sites (N-methyl/N-ethyl adjacent to an activating group) is 1. The van der Waals surface area contributed by atoms with Crippen LogP contribution in [0.15, 0.2) is 24.3 Å². The van der Waals surface area contributed by atoms with Crippen molar-refractivity contribution in [2.45, 2.75) is 12.5 Å². The molecule has 1 N–H and O–H groups in total. The van der Waals surface area contributed by atoms with E-state index >= 15 is 0 Å². The second-order valence-corrected chi connectivity index (χ2v) is 5.07. The topological polar surface area (TPSA) is 35.6 Å². The molecule has 0 saturated carbocycles. The molecule has 0 radical (unpaired) electrons. The Morgan fingerprint density at radius 1 is 1.33 bits per heavy atom. The largest absolute Gasteiger partial charge is 0.313 e. The lowest BCUT2D eigenvalue weighted by Crippen LogP contribution is -2.57. The van der Waals surface area contributed by atoms with E-state index in [0.29, 0.717) is 0 Å². The smallest absolute Gasteiger partial charge is 0.245 e. The number of hydrogen-bond acceptors (Lipinski definition) is 3. The molecule has 0 aliphatic carbocycles. The lowest BCUT2D eigenvalue weighted by atomic mass is 10.1. The van der Waals surface area contributed by atoms with Gasteiger partial charge in [0.2, 0.25) is 5.91 Å². The van der Waals surface area contributed by atoms with Crippen LogP contribution >= 0.6 is 0 Å². The first-order valence-corrected chi connectivity index (χ1v) is 6.57. The zero-order chi connectivity index (χ0) is 12.5. The van der Waals surface area contributed by atoms with Gasteiger partial charge in [-0.3, -0.25) is 9.69 Å². The molecular formula is C14H19N3O. The van der Waals surface area contributed by atoms with Gasteiger partial charge in [-0.15, -0.1) is 0 Å². The monoisotopic (exact) mass is 245 g/mol. The predicted molar refractivity (Wildman–Crippen MR) is 71.8 cm³/mol. The van der Waals surface area contributed by atoms with Crippen molar-refractivity contribution in [1.29, 1.82) is 0 Å². The van der Waals surface area contributed by atoms with Crippen molar-refractivity contribution in [3.05, 3.63) is 29.8 Å². The normalized spacial score (nSPS) is 24.1. The third-order valence-corrected chi connectivity index (χ3v) is 3.95.